The number of likely N-dealkylation sites (N-methyl/N-ethyl adjacent to an activating group) is 2. The number of benzene rings is 2. The number of carboxylic acids is 1. The maximum Gasteiger partial charge on any atom is 0.408 e. The van der Waals surface area contributed by atoms with Crippen LogP contribution in [0.15, 0.2) is 48.5 Å². The molecule has 1 heterocycles. The van der Waals surface area contributed by atoms with Gasteiger partial charge in [-0.25, -0.2) is 4.79 Å². The summed E-state index contributed by atoms with van der Waals surface area (Å²) in [6, 6.07) is 13.9. The summed E-state index contributed by atoms with van der Waals surface area (Å²) in [5.41, 5.74) is 3.14. The van der Waals surface area contributed by atoms with E-state index in [1.807, 2.05) is 36.4 Å². The predicted molar refractivity (Wildman–Crippen MR) is 180 cm³/mol. The molecule has 2 atom stereocenters. The van der Waals surface area contributed by atoms with E-state index in [4.69, 9.17) is 4.74 Å². The van der Waals surface area contributed by atoms with Crippen LogP contribution in [0.25, 0.3) is 11.1 Å². The van der Waals surface area contributed by atoms with Crippen molar-refractivity contribution in [3.05, 3.63) is 59.7 Å². The van der Waals surface area contributed by atoms with E-state index in [1.165, 1.54) is 23.9 Å². The minimum absolute atomic E-state index is 0.105. The Hall–Kier alpha value is -4.41. The number of amides is 4. The maximum atomic E-state index is 14.3. The number of hydrogen-bond acceptors (Lipinski definition) is 6. The molecule has 0 radical (unpaired) electrons. The van der Waals surface area contributed by atoms with Crippen LogP contribution in [0.5, 0.6) is 0 Å². The summed E-state index contributed by atoms with van der Waals surface area (Å²) in [6.07, 6.45) is 3.64. The van der Waals surface area contributed by atoms with Crippen molar-refractivity contribution in [1.82, 2.24) is 20.0 Å². The van der Waals surface area contributed by atoms with Gasteiger partial charge in [-0.1, -0.05) is 75.2 Å². The van der Waals surface area contributed by atoms with Gasteiger partial charge in [-0.3, -0.25) is 19.2 Å². The van der Waals surface area contributed by atoms with E-state index >= 15 is 0 Å². The van der Waals surface area contributed by atoms with Crippen LogP contribution >= 0.6 is 0 Å². The van der Waals surface area contributed by atoms with Crippen molar-refractivity contribution in [2.45, 2.75) is 88.8 Å². The van der Waals surface area contributed by atoms with Crippen molar-refractivity contribution in [3.63, 3.8) is 0 Å². The molecule has 1 saturated heterocycles. The average Bonchev–Trinajstić information content (AvgIpc) is 3.68. The molecule has 5 rings (SSSR count). The summed E-state index contributed by atoms with van der Waals surface area (Å²) >= 11 is 0. The number of piperidine rings is 1. The highest BCUT2D eigenvalue weighted by Gasteiger charge is 2.48. The van der Waals surface area contributed by atoms with Crippen molar-refractivity contribution in [3.8, 4) is 11.1 Å². The molecule has 2 aliphatic carbocycles. The van der Waals surface area contributed by atoms with Crippen molar-refractivity contribution >= 4 is 29.8 Å². The van der Waals surface area contributed by atoms with Crippen LogP contribution in [-0.4, -0.2) is 101 Å². The Bertz CT molecular complexity index is 1480. The second-order valence-corrected chi connectivity index (χ2v) is 13.8. The van der Waals surface area contributed by atoms with Crippen molar-refractivity contribution in [2.75, 3.05) is 33.8 Å². The van der Waals surface area contributed by atoms with Gasteiger partial charge in [0.15, 0.2) is 0 Å². The SMILES string of the molecule is CC(C)[C@@H](C(=O)N(C)[C@@H](CC(=O)O)C(=O)N1CCCCC1)N(C)C(=O)C1(NC(=O)OCC2c3ccccc3-c3ccccc32)CCCC1. The molecule has 1 aliphatic heterocycles. The van der Waals surface area contributed by atoms with E-state index in [2.05, 4.69) is 17.4 Å². The number of aliphatic carboxylic acids is 1. The Morgan fingerprint density at radius 2 is 1.44 bits per heavy atom. The molecule has 11 nitrogen and oxygen atoms in total. The molecule has 11 heteroatoms. The van der Waals surface area contributed by atoms with Gasteiger partial charge < -0.3 is 29.9 Å². The number of carbonyl (C=O) groups is 5. The number of likely N-dealkylation sites (tertiary alicyclic amines) is 1. The first-order chi connectivity index (χ1) is 22.9. The molecule has 4 amide bonds. The van der Waals surface area contributed by atoms with Crippen LogP contribution in [0.2, 0.25) is 0 Å². The monoisotopic (exact) mass is 660 g/mol. The van der Waals surface area contributed by atoms with E-state index in [-0.39, 0.29) is 18.4 Å². The van der Waals surface area contributed by atoms with Crippen molar-refractivity contribution in [1.29, 1.82) is 0 Å². The first-order valence-electron chi connectivity index (χ1n) is 17.1. The third kappa shape index (κ3) is 7.05. The molecule has 1 saturated carbocycles. The third-order valence-electron chi connectivity index (χ3n) is 10.3. The molecule has 258 valence electrons. The minimum atomic E-state index is -1.26. The molecule has 48 heavy (non-hydrogen) atoms. The molecule has 0 aromatic heterocycles. The molecule has 0 unspecified atom stereocenters. The van der Waals surface area contributed by atoms with E-state index in [1.54, 1.807) is 18.7 Å². The molecule has 0 spiro atoms. The van der Waals surface area contributed by atoms with E-state index in [9.17, 15) is 29.1 Å². The summed E-state index contributed by atoms with van der Waals surface area (Å²) in [6.45, 7) is 4.76. The molecule has 3 aliphatic rings. The van der Waals surface area contributed by atoms with Crippen LogP contribution in [0, 0.1) is 5.92 Å². The number of alkyl carbamates (subject to hydrolysis) is 1. The quantitative estimate of drug-likeness (QED) is 0.359. The van der Waals surface area contributed by atoms with Crippen LogP contribution in [0.3, 0.4) is 0 Å². The first kappa shape index (κ1) is 34.9. The zero-order valence-corrected chi connectivity index (χ0v) is 28.4. The van der Waals surface area contributed by atoms with E-state index in [0.717, 1.165) is 41.5 Å². The number of nitrogens with zero attached hydrogens (tertiary/aromatic N) is 3. The fourth-order valence-corrected chi connectivity index (χ4v) is 7.81. The topological polar surface area (TPSA) is 137 Å². The van der Waals surface area contributed by atoms with Gasteiger partial charge in [-0.2, -0.15) is 0 Å². The van der Waals surface area contributed by atoms with Crippen molar-refractivity contribution in [2.24, 2.45) is 5.92 Å². The molecule has 2 fully saturated rings. The van der Waals surface area contributed by atoms with Crippen LogP contribution < -0.4 is 5.32 Å². The van der Waals surface area contributed by atoms with Gasteiger partial charge in [0, 0.05) is 33.1 Å². The lowest BCUT2D eigenvalue weighted by Gasteiger charge is -2.41. The number of fused-ring (bicyclic) bond motifs is 3. The summed E-state index contributed by atoms with van der Waals surface area (Å²) in [7, 11) is 2.97. The second kappa shape index (κ2) is 14.8. The Labute approximate surface area is 282 Å². The molecular weight excluding hydrogens is 612 g/mol. The van der Waals surface area contributed by atoms with Crippen LogP contribution in [0.4, 0.5) is 4.79 Å². The van der Waals surface area contributed by atoms with Crippen molar-refractivity contribution < 1.29 is 33.8 Å². The summed E-state index contributed by atoms with van der Waals surface area (Å²) in [4.78, 5) is 71.3. The van der Waals surface area contributed by atoms with Gasteiger partial charge in [0.25, 0.3) is 0 Å². The summed E-state index contributed by atoms with van der Waals surface area (Å²) < 4.78 is 5.81. The fourth-order valence-electron chi connectivity index (χ4n) is 7.81. The normalized spacial score (nSPS) is 18.0. The largest absolute Gasteiger partial charge is 0.481 e. The number of rotatable bonds is 11. The van der Waals surface area contributed by atoms with Crippen LogP contribution in [0.1, 0.15) is 82.3 Å². The van der Waals surface area contributed by atoms with Gasteiger partial charge in [0.05, 0.1) is 6.42 Å². The van der Waals surface area contributed by atoms with E-state index in [0.29, 0.717) is 38.8 Å². The maximum absolute atomic E-state index is 14.3. The first-order valence-corrected chi connectivity index (χ1v) is 17.1. The summed E-state index contributed by atoms with van der Waals surface area (Å²) in [5, 5.41) is 12.6. The lowest BCUT2D eigenvalue weighted by Crippen LogP contribution is -2.63. The highest BCUT2D eigenvalue weighted by molar-refractivity contribution is 5.96. The number of carboxylic acid groups (broad SMARTS) is 1. The molecule has 2 N–H and O–H groups in total. The van der Waals surface area contributed by atoms with Gasteiger partial charge in [-0.15, -0.1) is 0 Å². The fraction of sp³-hybridized carbons (Fsp3) is 0.541. The zero-order valence-electron chi connectivity index (χ0n) is 28.4. The van der Waals surface area contributed by atoms with Gasteiger partial charge >= 0.3 is 12.1 Å². The van der Waals surface area contributed by atoms with Gasteiger partial charge in [0.2, 0.25) is 17.7 Å². The number of nitrogens with one attached hydrogen (secondary N) is 1. The number of carbonyl (C=O) groups excluding carboxylic acids is 4. The lowest BCUT2D eigenvalue weighted by atomic mass is 9.92. The van der Waals surface area contributed by atoms with Crippen LogP contribution in [-0.2, 0) is 23.9 Å². The predicted octanol–water partition coefficient (Wildman–Crippen LogP) is 4.64. The van der Waals surface area contributed by atoms with Gasteiger partial charge in [0.1, 0.15) is 24.2 Å². The molecule has 2 aromatic rings. The standard InChI is InChI=1S/C37H48N4O7/c1-24(2)32(34(45)39(3)30(22-31(42)43)33(44)41-20-12-5-13-21-41)40(4)35(46)37(18-10-11-19-37)38-36(47)48-23-29-27-16-8-6-14-25(27)26-15-7-9-17-28(26)29/h6-9,14-17,24,29-30,32H,5,10-13,18-23H2,1-4H3,(H,38,47)(H,42,43)/t30-,32-/m0/s1. The number of ether oxygens (including phenoxy) is 1. The molecular formula is C37H48N4O7. The highest BCUT2D eigenvalue weighted by Crippen LogP contribution is 2.44. The Balaban J connectivity index is 1.30. The minimum Gasteiger partial charge on any atom is -0.481 e. The van der Waals surface area contributed by atoms with E-state index < -0.39 is 53.8 Å². The Morgan fingerprint density at radius 3 is 1.98 bits per heavy atom. The second-order valence-electron chi connectivity index (χ2n) is 13.8. The Morgan fingerprint density at radius 1 is 0.875 bits per heavy atom. The Kier molecular flexibility index (Phi) is 10.8. The molecule has 0 bridgehead atoms. The third-order valence-corrected chi connectivity index (χ3v) is 10.3. The lowest BCUT2D eigenvalue weighted by molar-refractivity contribution is -0.156. The molecule has 2 aromatic carbocycles. The number of hydrogen-bond donors (Lipinski definition) is 2. The highest BCUT2D eigenvalue weighted by atomic mass is 16.5. The average molecular weight is 661 g/mol. The zero-order chi connectivity index (χ0) is 34.6. The smallest absolute Gasteiger partial charge is 0.408 e. The summed E-state index contributed by atoms with van der Waals surface area (Å²) in [5.74, 6) is -3.01. The van der Waals surface area contributed by atoms with Gasteiger partial charge in [-0.05, 0) is 60.3 Å².